The molecule has 184 valence electrons. The molecule has 0 saturated carbocycles. The number of carbonyl (C=O) groups excluding carboxylic acids is 2. The van der Waals surface area contributed by atoms with Crippen molar-refractivity contribution in [2.45, 2.75) is 58.0 Å². The van der Waals surface area contributed by atoms with Crippen molar-refractivity contribution >= 4 is 18.0 Å². The van der Waals surface area contributed by atoms with Crippen LogP contribution < -0.4 is 10.6 Å². The fourth-order valence-corrected chi connectivity index (χ4v) is 4.22. The molecule has 2 aromatic rings. The maximum Gasteiger partial charge on any atom is 0.407 e. The minimum absolute atomic E-state index is 0.0871. The maximum atomic E-state index is 12.8. The quantitative estimate of drug-likeness (QED) is 0.468. The third-order valence-electron chi connectivity index (χ3n) is 6.07. The Balaban J connectivity index is 1.62. The van der Waals surface area contributed by atoms with Crippen molar-refractivity contribution < 1.29 is 24.2 Å². The zero-order valence-electron chi connectivity index (χ0n) is 20.3. The van der Waals surface area contributed by atoms with E-state index in [1.165, 1.54) is 0 Å². The first kappa shape index (κ1) is 25.8. The van der Waals surface area contributed by atoms with Gasteiger partial charge in [0.2, 0.25) is 5.91 Å². The molecule has 0 saturated heterocycles. The topological polar surface area (TPSA) is 105 Å². The average Bonchev–Trinajstić information content (AvgIpc) is 3.13. The van der Waals surface area contributed by atoms with Gasteiger partial charge in [0.1, 0.15) is 18.7 Å². The molecule has 3 rings (SSSR count). The summed E-state index contributed by atoms with van der Waals surface area (Å²) in [7, 11) is 0. The van der Waals surface area contributed by atoms with Gasteiger partial charge in [0.05, 0.1) is 0 Å². The molecule has 0 spiro atoms. The van der Waals surface area contributed by atoms with Crippen LogP contribution in [0.2, 0.25) is 0 Å². The number of hydrogen-bond acceptors (Lipinski definition) is 4. The van der Waals surface area contributed by atoms with Gasteiger partial charge in [-0.05, 0) is 40.5 Å². The molecule has 2 amide bonds. The molecule has 35 heavy (non-hydrogen) atoms. The molecule has 0 aliphatic heterocycles. The van der Waals surface area contributed by atoms with Crippen LogP contribution >= 0.6 is 0 Å². The SMILES string of the molecule is C#CCC(NC(=O)OCC1c2ccccc2-c2ccccc21)C(=O)NC(CCC(C)(C)C)C(=O)O. The van der Waals surface area contributed by atoms with Gasteiger partial charge in [-0.1, -0.05) is 69.3 Å². The molecule has 3 N–H and O–H groups in total. The smallest absolute Gasteiger partial charge is 0.407 e. The maximum absolute atomic E-state index is 12.8. The molecule has 1 aliphatic rings. The van der Waals surface area contributed by atoms with E-state index in [-0.39, 0.29) is 30.8 Å². The number of hydrogen-bond donors (Lipinski definition) is 3. The first-order valence-corrected chi connectivity index (χ1v) is 11.7. The largest absolute Gasteiger partial charge is 0.480 e. The second-order valence-corrected chi connectivity index (χ2v) is 9.93. The van der Waals surface area contributed by atoms with Crippen molar-refractivity contribution in [3.05, 3.63) is 59.7 Å². The minimum Gasteiger partial charge on any atom is -0.480 e. The third kappa shape index (κ3) is 6.63. The van der Waals surface area contributed by atoms with E-state index in [1.54, 1.807) is 0 Å². The molecule has 0 heterocycles. The van der Waals surface area contributed by atoms with Crippen LogP contribution in [0.3, 0.4) is 0 Å². The highest BCUT2D eigenvalue weighted by Crippen LogP contribution is 2.44. The predicted octanol–water partition coefficient (Wildman–Crippen LogP) is 4.31. The number of benzene rings is 2. The Morgan fingerprint density at radius 2 is 1.57 bits per heavy atom. The number of terminal acetylenes is 1. The zero-order valence-corrected chi connectivity index (χ0v) is 20.3. The number of carbonyl (C=O) groups is 3. The molecular formula is C28H32N2O5. The summed E-state index contributed by atoms with van der Waals surface area (Å²) in [5.41, 5.74) is 4.27. The fraction of sp³-hybridized carbons (Fsp3) is 0.393. The predicted molar refractivity (Wildman–Crippen MR) is 134 cm³/mol. The highest BCUT2D eigenvalue weighted by atomic mass is 16.5. The standard InChI is InChI=1S/C28H32N2O5/c1-5-10-23(25(31)29-24(26(32)33)15-16-28(2,3)4)30-27(34)35-17-22-20-13-8-6-11-18(20)19-12-7-9-14-21(19)22/h1,6-9,11-14,22-24H,10,15-17H2,2-4H3,(H,29,31)(H,30,34)(H,32,33). The highest BCUT2D eigenvalue weighted by molar-refractivity contribution is 5.89. The number of fused-ring (bicyclic) bond motifs is 3. The van der Waals surface area contributed by atoms with Gasteiger partial charge in [-0.3, -0.25) is 4.79 Å². The second kappa shape index (κ2) is 11.1. The summed E-state index contributed by atoms with van der Waals surface area (Å²) in [4.78, 5) is 37.0. The van der Waals surface area contributed by atoms with E-state index < -0.39 is 30.1 Å². The number of nitrogens with one attached hydrogen (secondary N) is 2. The lowest BCUT2D eigenvalue weighted by molar-refractivity contribution is -0.142. The summed E-state index contributed by atoms with van der Waals surface area (Å²) >= 11 is 0. The Morgan fingerprint density at radius 3 is 2.09 bits per heavy atom. The Labute approximate surface area is 206 Å². The molecule has 2 atom stereocenters. The van der Waals surface area contributed by atoms with E-state index in [1.807, 2.05) is 69.3 Å². The van der Waals surface area contributed by atoms with Crippen molar-refractivity contribution in [3.8, 4) is 23.5 Å². The molecule has 2 aromatic carbocycles. The fourth-order valence-electron chi connectivity index (χ4n) is 4.22. The van der Waals surface area contributed by atoms with Gasteiger partial charge in [0, 0.05) is 12.3 Å². The average molecular weight is 477 g/mol. The Kier molecular flexibility index (Phi) is 8.18. The number of alkyl carbamates (subject to hydrolysis) is 1. The van der Waals surface area contributed by atoms with Crippen LogP contribution in [0.4, 0.5) is 4.79 Å². The summed E-state index contributed by atoms with van der Waals surface area (Å²) in [6.45, 7) is 6.07. The van der Waals surface area contributed by atoms with E-state index in [0.717, 1.165) is 22.3 Å². The van der Waals surface area contributed by atoms with Gasteiger partial charge in [-0.25, -0.2) is 9.59 Å². The normalized spacial score (nSPS) is 14.1. The van der Waals surface area contributed by atoms with E-state index in [0.29, 0.717) is 6.42 Å². The van der Waals surface area contributed by atoms with Crippen LogP contribution in [-0.4, -0.2) is 41.8 Å². The van der Waals surface area contributed by atoms with Crippen molar-refractivity contribution in [2.75, 3.05) is 6.61 Å². The molecule has 0 aromatic heterocycles. The van der Waals surface area contributed by atoms with Crippen LogP contribution in [-0.2, 0) is 14.3 Å². The van der Waals surface area contributed by atoms with E-state index in [4.69, 9.17) is 11.2 Å². The van der Waals surface area contributed by atoms with E-state index in [9.17, 15) is 19.5 Å². The number of ether oxygens (including phenoxy) is 1. The Bertz CT molecular complexity index is 1080. The van der Waals surface area contributed by atoms with E-state index in [2.05, 4.69) is 16.6 Å². The summed E-state index contributed by atoms with van der Waals surface area (Å²) in [6.07, 6.45) is 5.37. The summed E-state index contributed by atoms with van der Waals surface area (Å²) in [5, 5.41) is 14.5. The summed E-state index contributed by atoms with van der Waals surface area (Å²) in [6, 6.07) is 13.8. The van der Waals surface area contributed by atoms with Crippen LogP contribution in [0.5, 0.6) is 0 Å². The molecule has 0 radical (unpaired) electrons. The number of carboxylic acids is 1. The van der Waals surface area contributed by atoms with Crippen molar-refractivity contribution in [1.82, 2.24) is 10.6 Å². The monoisotopic (exact) mass is 476 g/mol. The first-order chi connectivity index (χ1) is 16.6. The molecule has 1 aliphatic carbocycles. The molecule has 7 heteroatoms. The Morgan fingerprint density at radius 1 is 1.00 bits per heavy atom. The van der Waals surface area contributed by atoms with Crippen molar-refractivity contribution in [2.24, 2.45) is 5.41 Å². The van der Waals surface area contributed by atoms with Gasteiger partial charge >= 0.3 is 12.1 Å². The zero-order chi connectivity index (χ0) is 25.6. The van der Waals surface area contributed by atoms with Gasteiger partial charge in [0.25, 0.3) is 0 Å². The van der Waals surface area contributed by atoms with Crippen LogP contribution in [0, 0.1) is 17.8 Å². The third-order valence-corrected chi connectivity index (χ3v) is 6.07. The van der Waals surface area contributed by atoms with Gasteiger partial charge in [-0.2, -0.15) is 0 Å². The lowest BCUT2D eigenvalue weighted by Gasteiger charge is -2.23. The van der Waals surface area contributed by atoms with Gasteiger partial charge in [-0.15, -0.1) is 12.3 Å². The van der Waals surface area contributed by atoms with Crippen LogP contribution in [0.25, 0.3) is 11.1 Å². The number of carboxylic acid groups (broad SMARTS) is 1. The van der Waals surface area contributed by atoms with Crippen LogP contribution in [0.1, 0.15) is 57.1 Å². The van der Waals surface area contributed by atoms with Crippen molar-refractivity contribution in [1.29, 1.82) is 0 Å². The number of aliphatic carboxylic acids is 1. The highest BCUT2D eigenvalue weighted by Gasteiger charge is 2.31. The lowest BCUT2D eigenvalue weighted by atomic mass is 9.88. The number of rotatable bonds is 9. The Hall–Kier alpha value is -3.79. The molecule has 0 bridgehead atoms. The van der Waals surface area contributed by atoms with Gasteiger partial charge in [0.15, 0.2) is 0 Å². The van der Waals surface area contributed by atoms with E-state index >= 15 is 0 Å². The number of amides is 2. The molecule has 0 fully saturated rings. The minimum atomic E-state index is -1.14. The molecule has 7 nitrogen and oxygen atoms in total. The lowest BCUT2D eigenvalue weighted by Crippen LogP contribution is -2.51. The van der Waals surface area contributed by atoms with Gasteiger partial charge < -0.3 is 20.5 Å². The summed E-state index contributed by atoms with van der Waals surface area (Å²) in [5.74, 6) is 0.443. The van der Waals surface area contributed by atoms with Crippen LogP contribution in [0.15, 0.2) is 48.5 Å². The first-order valence-electron chi connectivity index (χ1n) is 11.7. The molecule has 2 unspecified atom stereocenters. The molecular weight excluding hydrogens is 444 g/mol. The second-order valence-electron chi connectivity index (χ2n) is 9.93. The van der Waals surface area contributed by atoms with Crippen molar-refractivity contribution in [3.63, 3.8) is 0 Å². The summed E-state index contributed by atoms with van der Waals surface area (Å²) < 4.78 is 5.50.